The Hall–Kier alpha value is -2.47. The number of fused-ring (bicyclic) bond motifs is 1. The molecule has 0 radical (unpaired) electrons. The van der Waals surface area contributed by atoms with Gasteiger partial charge in [-0.15, -0.1) is 0 Å². The average molecular weight is 310 g/mol. The Morgan fingerprint density at radius 2 is 1.87 bits per heavy atom. The van der Waals surface area contributed by atoms with Gasteiger partial charge in [-0.1, -0.05) is 6.07 Å². The summed E-state index contributed by atoms with van der Waals surface area (Å²) in [7, 11) is 2.09. The van der Waals surface area contributed by atoms with Gasteiger partial charge in [-0.3, -0.25) is 4.90 Å². The number of anilines is 1. The van der Waals surface area contributed by atoms with E-state index in [1.165, 1.54) is 5.69 Å². The fraction of sp³-hybridized carbons (Fsp3) is 0.353. The van der Waals surface area contributed by atoms with E-state index in [1.54, 1.807) is 0 Å². The molecule has 3 rings (SSSR count). The van der Waals surface area contributed by atoms with Crippen LogP contribution in [0.1, 0.15) is 25.1 Å². The minimum atomic E-state index is 0.332. The van der Waals surface area contributed by atoms with Crippen LogP contribution in [-0.2, 0) is 13.1 Å². The molecule has 0 amide bonds. The largest absolute Gasteiger partial charge is 0.352 e. The molecule has 0 aliphatic carbocycles. The second kappa shape index (κ2) is 6.75. The lowest BCUT2D eigenvalue weighted by Gasteiger charge is -2.16. The summed E-state index contributed by atoms with van der Waals surface area (Å²) in [6.07, 6.45) is 7.73. The molecule has 1 N–H and O–H groups in total. The predicted molar refractivity (Wildman–Crippen MR) is 91.2 cm³/mol. The minimum Gasteiger partial charge on any atom is -0.352 e. The zero-order valence-electron chi connectivity index (χ0n) is 13.8. The zero-order valence-corrected chi connectivity index (χ0v) is 13.8. The first-order valence-corrected chi connectivity index (χ1v) is 7.79. The van der Waals surface area contributed by atoms with Gasteiger partial charge in [0.05, 0.1) is 11.9 Å². The second-order valence-corrected chi connectivity index (χ2v) is 6.06. The first-order chi connectivity index (χ1) is 11.1. The van der Waals surface area contributed by atoms with E-state index < -0.39 is 0 Å². The molecule has 0 bridgehead atoms. The number of aromatic nitrogens is 4. The SMILES string of the molecule is CC(C)Nc1ncc(CN(C)Cc2cnc3ccccn23)cn1. The maximum atomic E-state index is 4.42. The van der Waals surface area contributed by atoms with E-state index in [1.807, 2.05) is 43.0 Å². The molecule has 0 aliphatic rings. The van der Waals surface area contributed by atoms with Gasteiger partial charge in [0.2, 0.25) is 5.95 Å². The third-order valence-corrected chi connectivity index (χ3v) is 3.50. The van der Waals surface area contributed by atoms with Crippen LogP contribution in [0.15, 0.2) is 43.0 Å². The van der Waals surface area contributed by atoms with Crippen molar-refractivity contribution < 1.29 is 0 Å². The monoisotopic (exact) mass is 310 g/mol. The summed E-state index contributed by atoms with van der Waals surface area (Å²) in [5.41, 5.74) is 3.24. The highest BCUT2D eigenvalue weighted by Crippen LogP contribution is 2.10. The van der Waals surface area contributed by atoms with Crippen LogP contribution in [-0.4, -0.2) is 37.3 Å². The minimum absolute atomic E-state index is 0.332. The number of hydrogen-bond donors (Lipinski definition) is 1. The quantitative estimate of drug-likeness (QED) is 0.758. The number of hydrogen-bond acceptors (Lipinski definition) is 5. The van der Waals surface area contributed by atoms with Crippen LogP contribution in [0.4, 0.5) is 5.95 Å². The van der Waals surface area contributed by atoms with Crippen molar-refractivity contribution in [1.29, 1.82) is 0 Å². The first-order valence-electron chi connectivity index (χ1n) is 7.79. The highest BCUT2D eigenvalue weighted by molar-refractivity contribution is 5.39. The van der Waals surface area contributed by atoms with Crippen LogP contribution in [0.3, 0.4) is 0 Å². The highest BCUT2D eigenvalue weighted by atomic mass is 15.1. The molecule has 0 saturated carbocycles. The summed E-state index contributed by atoms with van der Waals surface area (Å²) in [6, 6.07) is 6.36. The number of rotatable bonds is 6. The Bertz CT molecular complexity index is 762. The van der Waals surface area contributed by atoms with Crippen molar-refractivity contribution in [1.82, 2.24) is 24.3 Å². The van der Waals surface area contributed by atoms with Gasteiger partial charge >= 0.3 is 0 Å². The third kappa shape index (κ3) is 3.84. The van der Waals surface area contributed by atoms with Gasteiger partial charge in [0.1, 0.15) is 5.65 Å². The summed E-state index contributed by atoms with van der Waals surface area (Å²) in [4.78, 5) is 15.4. The second-order valence-electron chi connectivity index (χ2n) is 6.06. The molecule has 0 aliphatic heterocycles. The molecule has 3 heterocycles. The van der Waals surface area contributed by atoms with Gasteiger partial charge in [-0.25, -0.2) is 15.0 Å². The maximum Gasteiger partial charge on any atom is 0.222 e. The molecule has 0 atom stereocenters. The molecule has 6 heteroatoms. The zero-order chi connectivity index (χ0) is 16.2. The molecular weight excluding hydrogens is 288 g/mol. The van der Waals surface area contributed by atoms with E-state index in [9.17, 15) is 0 Å². The van der Waals surface area contributed by atoms with Crippen molar-refractivity contribution in [3.63, 3.8) is 0 Å². The molecule has 0 saturated heterocycles. The summed E-state index contributed by atoms with van der Waals surface area (Å²) >= 11 is 0. The van der Waals surface area contributed by atoms with Crippen LogP contribution in [0.5, 0.6) is 0 Å². The van der Waals surface area contributed by atoms with E-state index in [0.29, 0.717) is 12.0 Å². The van der Waals surface area contributed by atoms with Gasteiger partial charge in [0, 0.05) is 43.3 Å². The Balaban J connectivity index is 1.64. The number of pyridine rings is 1. The third-order valence-electron chi connectivity index (χ3n) is 3.50. The maximum absolute atomic E-state index is 4.42. The number of nitrogens with one attached hydrogen (secondary N) is 1. The van der Waals surface area contributed by atoms with Crippen molar-refractivity contribution in [3.8, 4) is 0 Å². The van der Waals surface area contributed by atoms with Crippen LogP contribution in [0.2, 0.25) is 0 Å². The van der Waals surface area contributed by atoms with E-state index in [2.05, 4.69) is 50.5 Å². The molecule has 23 heavy (non-hydrogen) atoms. The van der Waals surface area contributed by atoms with Gasteiger partial charge in [-0.05, 0) is 33.0 Å². The first kappa shape index (κ1) is 15.4. The van der Waals surface area contributed by atoms with E-state index in [0.717, 1.165) is 24.3 Å². The van der Waals surface area contributed by atoms with E-state index in [-0.39, 0.29) is 0 Å². The standard InChI is InChI=1S/C17H22N6/c1-13(2)21-17-19-8-14(9-20-17)11-22(3)12-15-10-18-16-6-4-5-7-23(15)16/h4-10,13H,11-12H2,1-3H3,(H,19,20,21). The van der Waals surface area contributed by atoms with Crippen molar-refractivity contribution in [2.45, 2.75) is 33.0 Å². The summed E-state index contributed by atoms with van der Waals surface area (Å²) in [5, 5.41) is 3.19. The molecular formula is C17H22N6. The summed E-state index contributed by atoms with van der Waals surface area (Å²) in [5.74, 6) is 0.674. The molecule has 0 unspecified atom stereocenters. The molecule has 0 spiro atoms. The smallest absolute Gasteiger partial charge is 0.222 e. The fourth-order valence-electron chi connectivity index (χ4n) is 2.52. The van der Waals surface area contributed by atoms with Gasteiger partial charge in [0.15, 0.2) is 0 Å². The van der Waals surface area contributed by atoms with Crippen molar-refractivity contribution >= 4 is 11.6 Å². The van der Waals surface area contributed by atoms with Crippen molar-refractivity contribution in [2.24, 2.45) is 0 Å². The normalized spacial score (nSPS) is 11.5. The number of nitrogens with zero attached hydrogens (tertiary/aromatic N) is 5. The Morgan fingerprint density at radius 3 is 2.61 bits per heavy atom. The molecule has 0 fully saturated rings. The lowest BCUT2D eigenvalue weighted by Crippen LogP contribution is -2.19. The van der Waals surface area contributed by atoms with Gasteiger partial charge < -0.3 is 9.72 Å². The summed E-state index contributed by atoms with van der Waals surface area (Å²) in [6.45, 7) is 5.75. The van der Waals surface area contributed by atoms with Crippen LogP contribution < -0.4 is 5.32 Å². The lowest BCUT2D eigenvalue weighted by atomic mass is 10.3. The molecule has 3 aromatic heterocycles. The van der Waals surface area contributed by atoms with E-state index in [4.69, 9.17) is 0 Å². The summed E-state index contributed by atoms with van der Waals surface area (Å²) < 4.78 is 2.11. The number of imidazole rings is 1. The topological polar surface area (TPSA) is 58.4 Å². The molecule has 120 valence electrons. The van der Waals surface area contributed by atoms with Crippen LogP contribution in [0, 0.1) is 0 Å². The highest BCUT2D eigenvalue weighted by Gasteiger charge is 2.07. The van der Waals surface area contributed by atoms with Crippen molar-refractivity contribution in [3.05, 3.63) is 54.2 Å². The van der Waals surface area contributed by atoms with Gasteiger partial charge in [0.25, 0.3) is 0 Å². The molecule has 3 aromatic rings. The van der Waals surface area contributed by atoms with Crippen LogP contribution >= 0.6 is 0 Å². The average Bonchev–Trinajstić information content (AvgIpc) is 2.92. The van der Waals surface area contributed by atoms with Crippen LogP contribution in [0.25, 0.3) is 5.65 Å². The lowest BCUT2D eigenvalue weighted by molar-refractivity contribution is 0.313. The van der Waals surface area contributed by atoms with E-state index >= 15 is 0 Å². The molecule has 6 nitrogen and oxygen atoms in total. The predicted octanol–water partition coefficient (Wildman–Crippen LogP) is 2.58. The molecule has 0 aromatic carbocycles. The fourth-order valence-corrected chi connectivity index (χ4v) is 2.52. The Kier molecular flexibility index (Phi) is 4.52. The van der Waals surface area contributed by atoms with Gasteiger partial charge in [-0.2, -0.15) is 0 Å². The van der Waals surface area contributed by atoms with Crippen molar-refractivity contribution in [2.75, 3.05) is 12.4 Å². The Labute approximate surface area is 136 Å². The Morgan fingerprint density at radius 1 is 1.09 bits per heavy atom.